The van der Waals surface area contributed by atoms with Crippen LogP contribution in [0, 0.1) is 6.92 Å². The normalized spacial score (nSPS) is 18.4. The Bertz CT molecular complexity index is 588. The zero-order valence-electron chi connectivity index (χ0n) is 12.0. The van der Waals surface area contributed by atoms with Gasteiger partial charge in [0, 0.05) is 23.4 Å². The molecule has 0 radical (unpaired) electrons. The molecule has 1 saturated heterocycles. The molecule has 1 N–H and O–H groups in total. The van der Waals surface area contributed by atoms with Gasteiger partial charge in [-0.1, -0.05) is 0 Å². The summed E-state index contributed by atoms with van der Waals surface area (Å²) in [7, 11) is 1.71. The Balaban J connectivity index is 1.77. The highest BCUT2D eigenvalue weighted by Gasteiger charge is 2.16. The average molecular weight is 288 g/mol. The Morgan fingerprint density at radius 1 is 1.45 bits per heavy atom. The van der Waals surface area contributed by atoms with E-state index in [-0.39, 0.29) is 0 Å². The topological polar surface area (TPSA) is 34.1 Å². The molecule has 0 amide bonds. The van der Waals surface area contributed by atoms with E-state index in [4.69, 9.17) is 9.72 Å². The predicted molar refractivity (Wildman–Crippen MR) is 83.6 cm³/mol. The Morgan fingerprint density at radius 3 is 3.05 bits per heavy atom. The van der Waals surface area contributed by atoms with Crippen LogP contribution in [0.5, 0.6) is 5.75 Å². The van der Waals surface area contributed by atoms with Crippen LogP contribution in [0.2, 0.25) is 0 Å². The number of hydrogen-bond donors (Lipinski definition) is 1. The molecule has 1 atom stereocenters. The van der Waals surface area contributed by atoms with Crippen LogP contribution in [-0.4, -0.2) is 24.7 Å². The SMILES string of the molecule is COc1ccc(-c2csc(CC3CCCN3)n2)cc1C. The molecule has 1 aliphatic rings. The zero-order chi connectivity index (χ0) is 13.9. The number of aromatic nitrogens is 1. The van der Waals surface area contributed by atoms with Crippen LogP contribution in [0.1, 0.15) is 23.4 Å². The fourth-order valence-corrected chi connectivity index (χ4v) is 3.60. The third kappa shape index (κ3) is 2.86. The van der Waals surface area contributed by atoms with Crippen LogP contribution < -0.4 is 10.1 Å². The molecule has 1 aromatic heterocycles. The van der Waals surface area contributed by atoms with Crippen LogP contribution >= 0.6 is 11.3 Å². The van der Waals surface area contributed by atoms with Gasteiger partial charge in [-0.05, 0) is 50.1 Å². The number of methoxy groups -OCH3 is 1. The van der Waals surface area contributed by atoms with Gasteiger partial charge in [-0.25, -0.2) is 4.98 Å². The number of rotatable bonds is 4. The van der Waals surface area contributed by atoms with Gasteiger partial charge in [0.1, 0.15) is 5.75 Å². The number of hydrogen-bond acceptors (Lipinski definition) is 4. The van der Waals surface area contributed by atoms with Crippen molar-refractivity contribution in [1.82, 2.24) is 10.3 Å². The first-order chi connectivity index (χ1) is 9.76. The first kappa shape index (κ1) is 13.6. The number of nitrogens with one attached hydrogen (secondary N) is 1. The molecule has 3 rings (SSSR count). The fourth-order valence-electron chi connectivity index (χ4n) is 2.72. The molecule has 2 aromatic rings. The lowest BCUT2D eigenvalue weighted by molar-refractivity contribution is 0.412. The van der Waals surface area contributed by atoms with Crippen LogP contribution in [0.3, 0.4) is 0 Å². The molecular formula is C16H20N2OS. The van der Waals surface area contributed by atoms with Crippen molar-refractivity contribution in [3.05, 3.63) is 34.2 Å². The van der Waals surface area contributed by atoms with E-state index in [1.807, 2.05) is 6.07 Å². The van der Waals surface area contributed by atoms with E-state index in [9.17, 15) is 0 Å². The number of aryl methyl sites for hydroxylation is 1. The molecule has 1 aromatic carbocycles. The van der Waals surface area contributed by atoms with Crippen molar-refractivity contribution in [3.63, 3.8) is 0 Å². The number of nitrogens with zero attached hydrogens (tertiary/aromatic N) is 1. The minimum atomic E-state index is 0.617. The molecular weight excluding hydrogens is 268 g/mol. The summed E-state index contributed by atoms with van der Waals surface area (Å²) in [6, 6.07) is 6.86. The summed E-state index contributed by atoms with van der Waals surface area (Å²) in [5, 5.41) is 6.92. The Labute approximate surface area is 124 Å². The van der Waals surface area contributed by atoms with Gasteiger partial charge in [-0.15, -0.1) is 11.3 Å². The molecule has 1 fully saturated rings. The number of ether oxygens (including phenoxy) is 1. The van der Waals surface area contributed by atoms with E-state index in [2.05, 4.69) is 29.8 Å². The minimum absolute atomic E-state index is 0.617. The average Bonchev–Trinajstić information content (AvgIpc) is 3.11. The summed E-state index contributed by atoms with van der Waals surface area (Å²) in [5.74, 6) is 0.930. The van der Waals surface area contributed by atoms with Crippen molar-refractivity contribution in [2.75, 3.05) is 13.7 Å². The Kier molecular flexibility index (Phi) is 4.03. The van der Waals surface area contributed by atoms with Gasteiger partial charge in [0.2, 0.25) is 0 Å². The first-order valence-electron chi connectivity index (χ1n) is 7.09. The highest BCUT2D eigenvalue weighted by atomic mass is 32.1. The zero-order valence-corrected chi connectivity index (χ0v) is 12.8. The largest absolute Gasteiger partial charge is 0.496 e. The van der Waals surface area contributed by atoms with Crippen molar-refractivity contribution in [2.45, 2.75) is 32.2 Å². The maximum atomic E-state index is 5.30. The van der Waals surface area contributed by atoms with Crippen LogP contribution in [0.15, 0.2) is 23.6 Å². The van der Waals surface area contributed by atoms with E-state index < -0.39 is 0 Å². The molecule has 3 nitrogen and oxygen atoms in total. The fraction of sp³-hybridized carbons (Fsp3) is 0.438. The van der Waals surface area contributed by atoms with Crippen molar-refractivity contribution < 1.29 is 4.74 Å². The maximum absolute atomic E-state index is 5.30. The number of thiazole rings is 1. The van der Waals surface area contributed by atoms with E-state index in [1.54, 1.807) is 18.4 Å². The highest BCUT2D eigenvalue weighted by molar-refractivity contribution is 7.09. The van der Waals surface area contributed by atoms with E-state index in [1.165, 1.54) is 23.4 Å². The second-order valence-corrected chi connectivity index (χ2v) is 6.25. The minimum Gasteiger partial charge on any atom is -0.496 e. The smallest absolute Gasteiger partial charge is 0.121 e. The molecule has 0 saturated carbocycles. The highest BCUT2D eigenvalue weighted by Crippen LogP contribution is 2.27. The molecule has 1 unspecified atom stereocenters. The lowest BCUT2D eigenvalue weighted by Gasteiger charge is -2.07. The molecule has 1 aliphatic heterocycles. The van der Waals surface area contributed by atoms with Crippen molar-refractivity contribution in [1.29, 1.82) is 0 Å². The quantitative estimate of drug-likeness (QED) is 0.936. The molecule has 2 heterocycles. The van der Waals surface area contributed by atoms with E-state index in [0.29, 0.717) is 6.04 Å². The third-order valence-corrected chi connectivity index (χ3v) is 4.70. The van der Waals surface area contributed by atoms with Gasteiger partial charge in [0.15, 0.2) is 0 Å². The molecule has 0 bridgehead atoms. The van der Waals surface area contributed by atoms with E-state index in [0.717, 1.165) is 30.0 Å². The monoisotopic (exact) mass is 288 g/mol. The summed E-state index contributed by atoms with van der Waals surface area (Å²) in [4.78, 5) is 4.78. The Hall–Kier alpha value is -1.39. The van der Waals surface area contributed by atoms with Crippen LogP contribution in [0.25, 0.3) is 11.3 Å². The molecule has 106 valence electrons. The lowest BCUT2D eigenvalue weighted by atomic mass is 10.1. The second kappa shape index (κ2) is 5.94. The summed E-state index contributed by atoms with van der Waals surface area (Å²) in [6.45, 7) is 3.22. The maximum Gasteiger partial charge on any atom is 0.121 e. The van der Waals surface area contributed by atoms with Gasteiger partial charge in [-0.2, -0.15) is 0 Å². The second-order valence-electron chi connectivity index (χ2n) is 5.31. The lowest BCUT2D eigenvalue weighted by Crippen LogP contribution is -2.23. The predicted octanol–water partition coefficient (Wildman–Crippen LogP) is 3.42. The van der Waals surface area contributed by atoms with Crippen LogP contribution in [-0.2, 0) is 6.42 Å². The van der Waals surface area contributed by atoms with E-state index >= 15 is 0 Å². The molecule has 0 aliphatic carbocycles. The van der Waals surface area contributed by atoms with Gasteiger partial charge in [0.05, 0.1) is 17.8 Å². The van der Waals surface area contributed by atoms with Crippen molar-refractivity contribution >= 4 is 11.3 Å². The van der Waals surface area contributed by atoms with Crippen molar-refractivity contribution in [2.24, 2.45) is 0 Å². The van der Waals surface area contributed by atoms with Gasteiger partial charge >= 0.3 is 0 Å². The van der Waals surface area contributed by atoms with Crippen LogP contribution in [0.4, 0.5) is 0 Å². The standard InChI is InChI=1S/C16H20N2OS/c1-11-8-12(5-6-15(11)19-2)14-10-20-16(18-14)9-13-4-3-7-17-13/h5-6,8,10,13,17H,3-4,7,9H2,1-2H3. The summed E-state index contributed by atoms with van der Waals surface area (Å²) in [5.41, 5.74) is 3.40. The van der Waals surface area contributed by atoms with Crippen molar-refractivity contribution in [3.8, 4) is 17.0 Å². The van der Waals surface area contributed by atoms with Gasteiger partial charge in [-0.3, -0.25) is 0 Å². The number of benzene rings is 1. The molecule has 4 heteroatoms. The van der Waals surface area contributed by atoms with Gasteiger partial charge in [0.25, 0.3) is 0 Å². The Morgan fingerprint density at radius 2 is 2.35 bits per heavy atom. The third-order valence-electron chi connectivity index (χ3n) is 3.83. The first-order valence-corrected chi connectivity index (χ1v) is 7.97. The molecule has 0 spiro atoms. The molecule has 20 heavy (non-hydrogen) atoms. The summed E-state index contributed by atoms with van der Waals surface area (Å²) < 4.78 is 5.30. The summed E-state index contributed by atoms with van der Waals surface area (Å²) >= 11 is 1.76. The van der Waals surface area contributed by atoms with Gasteiger partial charge < -0.3 is 10.1 Å². The summed E-state index contributed by atoms with van der Waals surface area (Å²) in [6.07, 6.45) is 3.62.